The Balaban J connectivity index is 2.26. The zero-order valence-corrected chi connectivity index (χ0v) is 11.8. The summed E-state index contributed by atoms with van der Waals surface area (Å²) in [6, 6.07) is 4.76. The van der Waals surface area contributed by atoms with E-state index in [2.05, 4.69) is 31.3 Å². The molecular weight excluding hydrogens is 299 g/mol. The lowest BCUT2D eigenvalue weighted by molar-refractivity contribution is 0.549. The van der Waals surface area contributed by atoms with E-state index < -0.39 is 0 Å². The molecule has 0 fully saturated rings. The first-order valence-corrected chi connectivity index (χ1v) is 6.36. The first-order valence-electron chi connectivity index (χ1n) is 5.57. The summed E-state index contributed by atoms with van der Waals surface area (Å²) in [6.07, 6.45) is 2.22. The predicted octanol–water partition coefficient (Wildman–Crippen LogP) is 2.22. The molecule has 0 spiro atoms. The number of nitrogens with one attached hydrogen (secondary N) is 1. The standard InChI is InChI=1S/C12H14BrFN4/c1-15-11(6-12-16-7-17-18(12)2)9-4-3-8(14)5-10(9)13/h3-5,7,11,15H,6H2,1-2H3. The Morgan fingerprint density at radius 1 is 1.50 bits per heavy atom. The molecule has 96 valence electrons. The van der Waals surface area contributed by atoms with Crippen LogP contribution >= 0.6 is 15.9 Å². The predicted molar refractivity (Wildman–Crippen MR) is 70.6 cm³/mol. The first-order chi connectivity index (χ1) is 8.61. The van der Waals surface area contributed by atoms with E-state index in [-0.39, 0.29) is 11.9 Å². The van der Waals surface area contributed by atoms with Gasteiger partial charge in [-0.3, -0.25) is 4.68 Å². The highest BCUT2D eigenvalue weighted by Gasteiger charge is 2.16. The normalized spacial score (nSPS) is 12.7. The number of hydrogen-bond acceptors (Lipinski definition) is 3. The number of halogens is 2. The van der Waals surface area contributed by atoms with Gasteiger partial charge in [-0.1, -0.05) is 22.0 Å². The number of benzene rings is 1. The van der Waals surface area contributed by atoms with Crippen molar-refractivity contribution < 1.29 is 4.39 Å². The van der Waals surface area contributed by atoms with Gasteiger partial charge in [0.05, 0.1) is 0 Å². The molecule has 0 aliphatic carbocycles. The smallest absolute Gasteiger partial charge is 0.138 e. The molecule has 1 unspecified atom stereocenters. The molecular formula is C12H14BrFN4. The van der Waals surface area contributed by atoms with Crippen LogP contribution < -0.4 is 5.32 Å². The topological polar surface area (TPSA) is 42.7 Å². The molecule has 6 heteroatoms. The van der Waals surface area contributed by atoms with Crippen molar-refractivity contribution in [1.82, 2.24) is 20.1 Å². The Morgan fingerprint density at radius 3 is 2.83 bits per heavy atom. The van der Waals surface area contributed by atoms with Crippen molar-refractivity contribution in [2.75, 3.05) is 7.05 Å². The fourth-order valence-electron chi connectivity index (χ4n) is 1.84. The van der Waals surface area contributed by atoms with Gasteiger partial charge >= 0.3 is 0 Å². The van der Waals surface area contributed by atoms with Gasteiger partial charge < -0.3 is 5.32 Å². The fourth-order valence-corrected chi connectivity index (χ4v) is 2.47. The Hall–Kier alpha value is -1.27. The van der Waals surface area contributed by atoms with Crippen molar-refractivity contribution in [2.45, 2.75) is 12.5 Å². The molecule has 0 saturated carbocycles. The summed E-state index contributed by atoms with van der Waals surface area (Å²) in [5, 5.41) is 7.25. The lowest BCUT2D eigenvalue weighted by Crippen LogP contribution is -2.21. The molecule has 0 bridgehead atoms. The van der Waals surface area contributed by atoms with Crippen molar-refractivity contribution in [3.05, 3.63) is 46.2 Å². The molecule has 0 amide bonds. The molecule has 0 aliphatic heterocycles. The van der Waals surface area contributed by atoms with Crippen molar-refractivity contribution in [1.29, 1.82) is 0 Å². The monoisotopic (exact) mass is 312 g/mol. The molecule has 2 aromatic rings. The lowest BCUT2D eigenvalue weighted by Gasteiger charge is -2.17. The summed E-state index contributed by atoms with van der Waals surface area (Å²) in [5.74, 6) is 0.629. The lowest BCUT2D eigenvalue weighted by atomic mass is 10.0. The third kappa shape index (κ3) is 2.76. The quantitative estimate of drug-likeness (QED) is 0.941. The molecule has 2 rings (SSSR count). The molecule has 4 nitrogen and oxygen atoms in total. The number of rotatable bonds is 4. The largest absolute Gasteiger partial charge is 0.313 e. The summed E-state index contributed by atoms with van der Waals surface area (Å²) in [5.41, 5.74) is 1.00. The second-order valence-corrected chi connectivity index (χ2v) is 4.87. The number of nitrogens with zero attached hydrogens (tertiary/aromatic N) is 3. The number of hydrogen-bond donors (Lipinski definition) is 1. The molecule has 0 saturated heterocycles. The van der Waals surface area contributed by atoms with E-state index in [0.717, 1.165) is 15.9 Å². The highest BCUT2D eigenvalue weighted by atomic mass is 79.9. The van der Waals surface area contributed by atoms with Crippen LogP contribution in [0.2, 0.25) is 0 Å². The van der Waals surface area contributed by atoms with Crippen molar-refractivity contribution in [2.24, 2.45) is 7.05 Å². The van der Waals surface area contributed by atoms with Crippen LogP contribution in [0.3, 0.4) is 0 Å². The Morgan fingerprint density at radius 2 is 2.28 bits per heavy atom. The van der Waals surface area contributed by atoms with E-state index in [9.17, 15) is 4.39 Å². The van der Waals surface area contributed by atoms with E-state index in [1.807, 2.05) is 14.1 Å². The van der Waals surface area contributed by atoms with Gasteiger partial charge in [0, 0.05) is 24.0 Å². The molecule has 1 N–H and O–H groups in total. The number of likely N-dealkylation sites (N-methyl/N-ethyl adjacent to an activating group) is 1. The average molecular weight is 313 g/mol. The van der Waals surface area contributed by atoms with Gasteiger partial charge in [-0.25, -0.2) is 9.37 Å². The fraction of sp³-hybridized carbons (Fsp3) is 0.333. The van der Waals surface area contributed by atoms with Crippen LogP contribution in [-0.2, 0) is 13.5 Å². The van der Waals surface area contributed by atoms with E-state index >= 15 is 0 Å². The van der Waals surface area contributed by atoms with Crippen molar-refractivity contribution in [3.8, 4) is 0 Å². The SMILES string of the molecule is CNC(Cc1ncnn1C)c1ccc(F)cc1Br. The summed E-state index contributed by atoms with van der Waals surface area (Å²) in [6.45, 7) is 0. The Kier molecular flexibility index (Phi) is 4.08. The van der Waals surface area contributed by atoms with Crippen molar-refractivity contribution in [3.63, 3.8) is 0 Å². The second kappa shape index (κ2) is 5.58. The van der Waals surface area contributed by atoms with Gasteiger partial charge in [-0.2, -0.15) is 5.10 Å². The third-order valence-electron chi connectivity index (χ3n) is 2.88. The molecule has 18 heavy (non-hydrogen) atoms. The Bertz CT molecular complexity index is 541. The van der Waals surface area contributed by atoms with Gasteiger partial charge in [0.1, 0.15) is 18.0 Å². The summed E-state index contributed by atoms with van der Waals surface area (Å²) >= 11 is 3.39. The summed E-state index contributed by atoms with van der Waals surface area (Å²) in [4.78, 5) is 4.20. The van der Waals surface area contributed by atoms with E-state index in [0.29, 0.717) is 6.42 Å². The number of aromatic nitrogens is 3. The minimum absolute atomic E-state index is 0.0582. The van der Waals surface area contributed by atoms with E-state index in [4.69, 9.17) is 0 Å². The highest BCUT2D eigenvalue weighted by molar-refractivity contribution is 9.10. The first kappa shape index (κ1) is 13.2. The molecule has 1 aromatic carbocycles. The second-order valence-electron chi connectivity index (χ2n) is 4.01. The molecule has 1 atom stereocenters. The maximum atomic E-state index is 13.1. The molecule has 1 heterocycles. The van der Waals surface area contributed by atoms with Gasteiger partial charge in [-0.15, -0.1) is 0 Å². The van der Waals surface area contributed by atoms with Crippen LogP contribution in [0, 0.1) is 5.82 Å². The van der Waals surface area contributed by atoms with Crippen LogP contribution in [-0.4, -0.2) is 21.8 Å². The highest BCUT2D eigenvalue weighted by Crippen LogP contribution is 2.26. The third-order valence-corrected chi connectivity index (χ3v) is 3.56. The zero-order valence-electron chi connectivity index (χ0n) is 10.2. The van der Waals surface area contributed by atoms with Gasteiger partial charge in [0.25, 0.3) is 0 Å². The van der Waals surface area contributed by atoms with Crippen LogP contribution in [0.25, 0.3) is 0 Å². The number of aryl methyl sites for hydroxylation is 1. The molecule has 1 aromatic heterocycles. The van der Waals surface area contributed by atoms with Crippen LogP contribution in [0.4, 0.5) is 4.39 Å². The van der Waals surface area contributed by atoms with E-state index in [1.165, 1.54) is 18.5 Å². The summed E-state index contributed by atoms with van der Waals surface area (Å²) in [7, 11) is 3.73. The maximum Gasteiger partial charge on any atom is 0.138 e. The van der Waals surface area contributed by atoms with Crippen LogP contribution in [0.5, 0.6) is 0 Å². The van der Waals surface area contributed by atoms with Gasteiger partial charge in [0.2, 0.25) is 0 Å². The molecule has 0 radical (unpaired) electrons. The van der Waals surface area contributed by atoms with E-state index in [1.54, 1.807) is 10.7 Å². The van der Waals surface area contributed by atoms with Crippen LogP contribution in [0.15, 0.2) is 29.0 Å². The summed E-state index contributed by atoms with van der Waals surface area (Å²) < 4.78 is 15.6. The van der Waals surface area contributed by atoms with Gasteiger partial charge in [-0.05, 0) is 24.7 Å². The molecule has 0 aliphatic rings. The maximum absolute atomic E-state index is 13.1. The minimum Gasteiger partial charge on any atom is -0.313 e. The average Bonchev–Trinajstić information content (AvgIpc) is 2.73. The van der Waals surface area contributed by atoms with Gasteiger partial charge in [0.15, 0.2) is 0 Å². The van der Waals surface area contributed by atoms with Crippen LogP contribution in [0.1, 0.15) is 17.4 Å². The zero-order chi connectivity index (χ0) is 13.1. The Labute approximate surface area is 113 Å². The van der Waals surface area contributed by atoms with Crippen molar-refractivity contribution >= 4 is 15.9 Å². The minimum atomic E-state index is -0.251.